The number of carbonyl (C=O) groups excluding carboxylic acids is 1. The Bertz CT molecular complexity index is 420. The first kappa shape index (κ1) is 11.5. The van der Waals surface area contributed by atoms with Crippen molar-refractivity contribution in [3.05, 3.63) is 34.1 Å². The molecule has 0 aromatic heterocycles. The molecule has 0 bridgehead atoms. The Morgan fingerprint density at radius 3 is 2.87 bits per heavy atom. The van der Waals surface area contributed by atoms with Crippen LogP contribution >= 0.6 is 11.6 Å². The number of hydrogen-bond donors (Lipinski definition) is 1. The van der Waals surface area contributed by atoms with Crippen LogP contribution in [0.3, 0.4) is 0 Å². The molecule has 0 unspecified atom stereocenters. The number of carbonyl (C=O) groups is 1. The summed E-state index contributed by atoms with van der Waals surface area (Å²) in [6.45, 7) is 0. The van der Waals surface area contributed by atoms with Crippen molar-refractivity contribution >= 4 is 23.8 Å². The number of benzene rings is 1. The van der Waals surface area contributed by atoms with Gasteiger partial charge in [0.05, 0.1) is 18.3 Å². The van der Waals surface area contributed by atoms with E-state index in [9.17, 15) is 9.18 Å². The van der Waals surface area contributed by atoms with Gasteiger partial charge >= 0.3 is 5.97 Å². The number of methoxy groups -OCH3 is 1. The molecule has 0 radical (unpaired) electrons. The van der Waals surface area contributed by atoms with Crippen LogP contribution in [0.1, 0.15) is 15.9 Å². The molecule has 6 heteroatoms. The van der Waals surface area contributed by atoms with Crippen LogP contribution < -0.4 is 0 Å². The number of ether oxygens (including phenoxy) is 1. The van der Waals surface area contributed by atoms with Crippen LogP contribution in [0.5, 0.6) is 0 Å². The monoisotopic (exact) mass is 231 g/mol. The number of rotatable bonds is 2. The van der Waals surface area contributed by atoms with Gasteiger partial charge in [-0.05, 0) is 12.1 Å². The van der Waals surface area contributed by atoms with Crippen molar-refractivity contribution in [2.45, 2.75) is 0 Å². The second-order valence-electron chi connectivity index (χ2n) is 2.56. The molecular weight excluding hydrogens is 225 g/mol. The van der Waals surface area contributed by atoms with E-state index in [0.29, 0.717) is 0 Å². The second-order valence-corrected chi connectivity index (χ2v) is 2.97. The van der Waals surface area contributed by atoms with Crippen LogP contribution in [0, 0.1) is 5.82 Å². The number of esters is 1. The Balaban J connectivity index is 3.36. The van der Waals surface area contributed by atoms with Crippen molar-refractivity contribution < 1.29 is 19.1 Å². The molecule has 0 spiro atoms. The van der Waals surface area contributed by atoms with Crippen LogP contribution in [0.2, 0.25) is 5.02 Å². The van der Waals surface area contributed by atoms with E-state index in [1.807, 2.05) is 0 Å². The quantitative estimate of drug-likeness (QED) is 0.367. The Morgan fingerprint density at radius 1 is 1.67 bits per heavy atom. The molecular formula is C9H7ClFNO3. The third-order valence-corrected chi connectivity index (χ3v) is 2.02. The fourth-order valence-electron chi connectivity index (χ4n) is 1.02. The third-order valence-electron chi connectivity index (χ3n) is 1.71. The number of oxime groups is 1. The predicted octanol–water partition coefficient (Wildman–Crippen LogP) is 2.07. The van der Waals surface area contributed by atoms with Gasteiger partial charge in [0, 0.05) is 5.56 Å². The molecule has 1 aromatic rings. The van der Waals surface area contributed by atoms with Crippen LogP contribution in [0.25, 0.3) is 0 Å². The molecule has 4 nitrogen and oxygen atoms in total. The molecule has 15 heavy (non-hydrogen) atoms. The molecule has 0 aliphatic rings. The van der Waals surface area contributed by atoms with Crippen molar-refractivity contribution in [1.29, 1.82) is 0 Å². The van der Waals surface area contributed by atoms with Gasteiger partial charge in [0.15, 0.2) is 0 Å². The Hall–Kier alpha value is -1.62. The first-order valence-electron chi connectivity index (χ1n) is 3.85. The molecule has 0 aliphatic carbocycles. The average molecular weight is 232 g/mol. The van der Waals surface area contributed by atoms with Crippen molar-refractivity contribution in [2.24, 2.45) is 5.16 Å². The van der Waals surface area contributed by atoms with E-state index in [-0.39, 0.29) is 16.1 Å². The summed E-state index contributed by atoms with van der Waals surface area (Å²) in [5.41, 5.74) is -0.432. The average Bonchev–Trinajstić information content (AvgIpc) is 2.22. The summed E-state index contributed by atoms with van der Waals surface area (Å²) in [5, 5.41) is 10.9. The molecule has 80 valence electrons. The van der Waals surface area contributed by atoms with Crippen molar-refractivity contribution in [1.82, 2.24) is 0 Å². The zero-order chi connectivity index (χ0) is 11.4. The molecule has 0 saturated heterocycles. The SMILES string of the molecule is COC(=O)c1c(Cl)ccc(/C=N/O)c1F. The van der Waals surface area contributed by atoms with Crippen molar-refractivity contribution in [2.75, 3.05) is 7.11 Å². The van der Waals surface area contributed by atoms with Gasteiger partial charge < -0.3 is 9.94 Å². The van der Waals surface area contributed by atoms with Gasteiger partial charge in [0.1, 0.15) is 11.4 Å². The minimum atomic E-state index is -0.884. The van der Waals surface area contributed by atoms with Gasteiger partial charge in [0.25, 0.3) is 0 Å². The Labute approximate surface area is 89.9 Å². The number of nitrogens with zero attached hydrogens (tertiary/aromatic N) is 1. The topological polar surface area (TPSA) is 58.9 Å². The highest BCUT2D eigenvalue weighted by atomic mass is 35.5. The third kappa shape index (κ3) is 2.24. The number of halogens is 2. The first-order valence-corrected chi connectivity index (χ1v) is 4.23. The first-order chi connectivity index (χ1) is 7.11. The maximum atomic E-state index is 13.6. The molecule has 0 heterocycles. The summed E-state index contributed by atoms with van der Waals surface area (Å²) in [5.74, 6) is -1.77. The van der Waals surface area contributed by atoms with E-state index in [4.69, 9.17) is 16.8 Å². The van der Waals surface area contributed by atoms with E-state index in [0.717, 1.165) is 13.3 Å². The standard InChI is InChI=1S/C9H7ClFNO3/c1-15-9(13)7-6(10)3-2-5(4-12-14)8(7)11/h2-4,14H,1H3/b12-4+. The van der Waals surface area contributed by atoms with Gasteiger partial charge in [-0.1, -0.05) is 16.8 Å². The highest BCUT2D eigenvalue weighted by Gasteiger charge is 2.19. The molecule has 0 atom stereocenters. The van der Waals surface area contributed by atoms with Gasteiger partial charge in [0.2, 0.25) is 0 Å². The predicted molar refractivity (Wildman–Crippen MR) is 52.1 cm³/mol. The van der Waals surface area contributed by atoms with E-state index in [2.05, 4.69) is 9.89 Å². The van der Waals surface area contributed by atoms with E-state index < -0.39 is 11.8 Å². The lowest BCUT2D eigenvalue weighted by atomic mass is 10.1. The lowest BCUT2D eigenvalue weighted by Gasteiger charge is -2.05. The molecule has 0 fully saturated rings. The van der Waals surface area contributed by atoms with Gasteiger partial charge in [-0.2, -0.15) is 0 Å². The largest absolute Gasteiger partial charge is 0.465 e. The second kappa shape index (κ2) is 4.75. The fraction of sp³-hybridized carbons (Fsp3) is 0.111. The van der Waals surface area contributed by atoms with Crippen LogP contribution in [-0.4, -0.2) is 24.5 Å². The van der Waals surface area contributed by atoms with Crippen molar-refractivity contribution in [3.63, 3.8) is 0 Å². The van der Waals surface area contributed by atoms with E-state index >= 15 is 0 Å². The zero-order valence-electron chi connectivity index (χ0n) is 7.70. The molecule has 0 aliphatic heterocycles. The maximum Gasteiger partial charge on any atom is 0.342 e. The molecule has 1 rings (SSSR count). The molecule has 1 N–H and O–H groups in total. The van der Waals surface area contributed by atoms with E-state index in [1.165, 1.54) is 12.1 Å². The minimum absolute atomic E-state index is 0.0534. The lowest BCUT2D eigenvalue weighted by Crippen LogP contribution is -2.07. The normalized spacial score (nSPS) is 10.6. The molecule has 1 aromatic carbocycles. The summed E-state index contributed by atoms with van der Waals surface area (Å²) in [6.07, 6.45) is 0.859. The smallest absolute Gasteiger partial charge is 0.342 e. The minimum Gasteiger partial charge on any atom is -0.465 e. The summed E-state index contributed by atoms with van der Waals surface area (Å²) in [7, 11) is 1.12. The number of hydrogen-bond acceptors (Lipinski definition) is 4. The fourth-order valence-corrected chi connectivity index (χ4v) is 1.24. The van der Waals surface area contributed by atoms with Crippen LogP contribution in [-0.2, 0) is 4.74 Å². The van der Waals surface area contributed by atoms with Gasteiger partial charge in [-0.3, -0.25) is 0 Å². The Morgan fingerprint density at radius 2 is 2.33 bits per heavy atom. The summed E-state index contributed by atoms with van der Waals surface area (Å²) in [6, 6.07) is 2.59. The van der Waals surface area contributed by atoms with Gasteiger partial charge in [-0.25, -0.2) is 9.18 Å². The highest BCUT2D eigenvalue weighted by molar-refractivity contribution is 6.33. The van der Waals surface area contributed by atoms with Crippen LogP contribution in [0.4, 0.5) is 4.39 Å². The van der Waals surface area contributed by atoms with E-state index in [1.54, 1.807) is 0 Å². The molecule has 0 saturated carbocycles. The van der Waals surface area contributed by atoms with Gasteiger partial charge in [-0.15, -0.1) is 0 Å². The Kier molecular flexibility index (Phi) is 3.62. The van der Waals surface area contributed by atoms with Crippen molar-refractivity contribution in [3.8, 4) is 0 Å². The highest BCUT2D eigenvalue weighted by Crippen LogP contribution is 2.22. The van der Waals surface area contributed by atoms with Crippen LogP contribution in [0.15, 0.2) is 17.3 Å². The zero-order valence-corrected chi connectivity index (χ0v) is 8.45. The summed E-state index contributed by atoms with van der Waals surface area (Å²) >= 11 is 5.63. The summed E-state index contributed by atoms with van der Waals surface area (Å²) < 4.78 is 17.9. The lowest BCUT2D eigenvalue weighted by molar-refractivity contribution is 0.0595. The molecule has 0 amide bonds. The summed E-state index contributed by atoms with van der Waals surface area (Å²) in [4.78, 5) is 11.2. The maximum absolute atomic E-state index is 13.6.